The minimum absolute atomic E-state index is 0.169. The van der Waals surface area contributed by atoms with Crippen LogP contribution in [0.25, 0.3) is 0 Å². The zero-order valence-electron chi connectivity index (χ0n) is 11.8. The number of ether oxygens (including phenoxy) is 3. The molecule has 0 radical (unpaired) electrons. The normalized spacial score (nSPS) is 14.1. The minimum atomic E-state index is -0.522. The van der Waals surface area contributed by atoms with Crippen LogP contribution in [0, 0.1) is 0 Å². The van der Waals surface area contributed by atoms with Crippen LogP contribution >= 0.6 is 0 Å². The summed E-state index contributed by atoms with van der Waals surface area (Å²) in [5.41, 5.74) is 6.81. The minimum Gasteiger partial charge on any atom is -0.454 e. The van der Waals surface area contributed by atoms with E-state index in [4.69, 9.17) is 19.9 Å². The van der Waals surface area contributed by atoms with Crippen LogP contribution in [0.15, 0.2) is 12.1 Å². The molecule has 0 saturated heterocycles. The number of anilines is 2. The summed E-state index contributed by atoms with van der Waals surface area (Å²) < 4.78 is 15.9. The first-order valence-electron chi connectivity index (χ1n) is 6.73. The molecule has 1 aromatic carbocycles. The smallest absolute Gasteiger partial charge is 0.253 e. The molecule has 2 rings (SSSR count). The second kappa shape index (κ2) is 6.47. The van der Waals surface area contributed by atoms with E-state index in [2.05, 4.69) is 12.2 Å². The van der Waals surface area contributed by atoms with E-state index in [1.807, 2.05) is 0 Å². The number of hydrogen-bond donors (Lipinski definition) is 2. The van der Waals surface area contributed by atoms with E-state index >= 15 is 0 Å². The third kappa shape index (κ3) is 3.33. The third-order valence-corrected chi connectivity index (χ3v) is 3.04. The van der Waals surface area contributed by atoms with Crippen molar-refractivity contribution in [2.45, 2.75) is 32.8 Å². The van der Waals surface area contributed by atoms with Crippen molar-refractivity contribution in [1.82, 2.24) is 0 Å². The molecule has 1 heterocycles. The highest BCUT2D eigenvalue weighted by molar-refractivity contribution is 5.97. The molecule has 0 bridgehead atoms. The molecular formula is C14H20N2O4. The molecule has 20 heavy (non-hydrogen) atoms. The molecule has 1 unspecified atom stereocenters. The number of nitrogens with two attached hydrogens (primary N) is 1. The lowest BCUT2D eigenvalue weighted by Gasteiger charge is -2.14. The first kappa shape index (κ1) is 14.5. The summed E-state index contributed by atoms with van der Waals surface area (Å²) in [4.78, 5) is 12.0. The molecule has 1 aliphatic rings. The second-order valence-electron chi connectivity index (χ2n) is 4.65. The lowest BCUT2D eigenvalue weighted by atomic mass is 10.2. The number of rotatable bonds is 6. The number of carbonyl (C=O) groups excluding carboxylic acids is 1. The largest absolute Gasteiger partial charge is 0.454 e. The first-order chi connectivity index (χ1) is 9.61. The fourth-order valence-electron chi connectivity index (χ4n) is 1.78. The van der Waals surface area contributed by atoms with Gasteiger partial charge in [0.15, 0.2) is 11.5 Å². The highest BCUT2D eigenvalue weighted by Crippen LogP contribution is 2.38. The number of fused-ring (bicyclic) bond motifs is 1. The van der Waals surface area contributed by atoms with Crippen LogP contribution in [-0.2, 0) is 9.53 Å². The van der Waals surface area contributed by atoms with Crippen molar-refractivity contribution in [1.29, 1.82) is 0 Å². The van der Waals surface area contributed by atoms with Gasteiger partial charge in [0.25, 0.3) is 5.91 Å². The molecular weight excluding hydrogens is 260 g/mol. The van der Waals surface area contributed by atoms with Crippen LogP contribution in [0.4, 0.5) is 11.4 Å². The summed E-state index contributed by atoms with van der Waals surface area (Å²) in [6.45, 7) is 4.53. The fraction of sp³-hybridized carbons (Fsp3) is 0.500. The van der Waals surface area contributed by atoms with Crippen molar-refractivity contribution in [2.75, 3.05) is 24.5 Å². The fourth-order valence-corrected chi connectivity index (χ4v) is 1.78. The number of nitrogen functional groups attached to an aromatic ring is 1. The van der Waals surface area contributed by atoms with Crippen LogP contribution in [0.5, 0.6) is 11.5 Å². The Balaban J connectivity index is 1.97. The molecule has 1 aromatic rings. The van der Waals surface area contributed by atoms with E-state index in [1.165, 1.54) is 0 Å². The Labute approximate surface area is 118 Å². The van der Waals surface area contributed by atoms with Gasteiger partial charge in [-0.1, -0.05) is 13.3 Å². The van der Waals surface area contributed by atoms with Gasteiger partial charge >= 0.3 is 0 Å². The van der Waals surface area contributed by atoms with Crippen molar-refractivity contribution in [3.63, 3.8) is 0 Å². The van der Waals surface area contributed by atoms with E-state index in [1.54, 1.807) is 19.1 Å². The van der Waals surface area contributed by atoms with Gasteiger partial charge in [-0.05, 0) is 13.3 Å². The lowest BCUT2D eigenvalue weighted by Crippen LogP contribution is -2.28. The monoisotopic (exact) mass is 280 g/mol. The number of carbonyl (C=O) groups is 1. The zero-order chi connectivity index (χ0) is 14.5. The number of nitrogens with one attached hydrogen (secondary N) is 1. The quantitative estimate of drug-likeness (QED) is 0.616. The van der Waals surface area contributed by atoms with Gasteiger partial charge in [-0.25, -0.2) is 0 Å². The topological polar surface area (TPSA) is 82.8 Å². The van der Waals surface area contributed by atoms with Gasteiger partial charge in [0.2, 0.25) is 6.79 Å². The van der Waals surface area contributed by atoms with Gasteiger partial charge in [0.1, 0.15) is 6.10 Å². The number of amides is 1. The summed E-state index contributed by atoms with van der Waals surface area (Å²) in [6, 6.07) is 3.30. The summed E-state index contributed by atoms with van der Waals surface area (Å²) in [6.07, 6.45) is 1.44. The second-order valence-corrected chi connectivity index (χ2v) is 4.65. The zero-order valence-corrected chi connectivity index (χ0v) is 11.8. The van der Waals surface area contributed by atoms with Crippen LogP contribution < -0.4 is 20.5 Å². The molecule has 0 aliphatic carbocycles. The Morgan fingerprint density at radius 2 is 2.15 bits per heavy atom. The first-order valence-corrected chi connectivity index (χ1v) is 6.73. The number of benzene rings is 1. The molecule has 1 aliphatic heterocycles. The van der Waals surface area contributed by atoms with Gasteiger partial charge in [0, 0.05) is 18.7 Å². The highest BCUT2D eigenvalue weighted by atomic mass is 16.7. The molecule has 3 N–H and O–H groups in total. The average Bonchev–Trinajstić information content (AvgIpc) is 2.86. The molecule has 0 aromatic heterocycles. The molecule has 0 spiro atoms. The Morgan fingerprint density at radius 1 is 1.45 bits per heavy atom. The lowest BCUT2D eigenvalue weighted by molar-refractivity contribution is -0.126. The van der Waals surface area contributed by atoms with Crippen molar-refractivity contribution < 1.29 is 19.0 Å². The number of unbranched alkanes of at least 4 members (excludes halogenated alkanes) is 1. The van der Waals surface area contributed by atoms with Gasteiger partial charge < -0.3 is 25.3 Å². The van der Waals surface area contributed by atoms with Crippen molar-refractivity contribution in [3.05, 3.63) is 12.1 Å². The maximum absolute atomic E-state index is 12.0. The van der Waals surface area contributed by atoms with Gasteiger partial charge in [-0.15, -0.1) is 0 Å². The van der Waals surface area contributed by atoms with Crippen LogP contribution in [0.3, 0.4) is 0 Å². The van der Waals surface area contributed by atoms with Crippen molar-refractivity contribution >= 4 is 17.3 Å². The summed E-state index contributed by atoms with van der Waals surface area (Å²) in [5, 5.41) is 2.74. The molecule has 110 valence electrons. The summed E-state index contributed by atoms with van der Waals surface area (Å²) in [7, 11) is 0. The highest BCUT2D eigenvalue weighted by Gasteiger charge is 2.19. The molecule has 0 saturated carbocycles. The Hall–Kier alpha value is -1.95. The Kier molecular flexibility index (Phi) is 4.68. The molecule has 1 amide bonds. The van der Waals surface area contributed by atoms with Gasteiger partial charge in [-0.2, -0.15) is 0 Å². The average molecular weight is 280 g/mol. The summed E-state index contributed by atoms with van der Waals surface area (Å²) >= 11 is 0. The van der Waals surface area contributed by atoms with E-state index in [0.717, 1.165) is 12.8 Å². The SMILES string of the molecule is CCCCOC(C)C(=O)Nc1cc2c(cc1N)OCO2. The van der Waals surface area contributed by atoms with E-state index in [9.17, 15) is 4.79 Å². The maximum Gasteiger partial charge on any atom is 0.253 e. The molecule has 6 heteroatoms. The van der Waals surface area contributed by atoms with E-state index < -0.39 is 6.10 Å². The molecule has 1 atom stereocenters. The predicted molar refractivity (Wildman–Crippen MR) is 75.9 cm³/mol. The van der Waals surface area contributed by atoms with Crippen LogP contribution in [-0.4, -0.2) is 25.4 Å². The Bertz CT molecular complexity index is 490. The molecule has 0 fully saturated rings. The van der Waals surface area contributed by atoms with Crippen molar-refractivity contribution in [3.8, 4) is 11.5 Å². The van der Waals surface area contributed by atoms with E-state index in [0.29, 0.717) is 29.5 Å². The van der Waals surface area contributed by atoms with E-state index in [-0.39, 0.29) is 12.7 Å². The van der Waals surface area contributed by atoms with Gasteiger partial charge in [0.05, 0.1) is 11.4 Å². The Morgan fingerprint density at radius 3 is 2.85 bits per heavy atom. The van der Waals surface area contributed by atoms with Gasteiger partial charge in [-0.3, -0.25) is 4.79 Å². The third-order valence-electron chi connectivity index (χ3n) is 3.04. The predicted octanol–water partition coefficient (Wildman–Crippen LogP) is 2.14. The van der Waals surface area contributed by atoms with Crippen molar-refractivity contribution in [2.24, 2.45) is 0 Å². The van der Waals surface area contributed by atoms with Crippen LogP contribution in [0.2, 0.25) is 0 Å². The molecule has 6 nitrogen and oxygen atoms in total. The van der Waals surface area contributed by atoms with Crippen LogP contribution in [0.1, 0.15) is 26.7 Å². The standard InChI is InChI=1S/C14H20N2O4/c1-3-4-5-18-9(2)14(17)16-11-7-13-12(6-10(11)15)19-8-20-13/h6-7,9H,3-5,8,15H2,1-2H3,(H,16,17). The maximum atomic E-state index is 12.0. The number of hydrogen-bond acceptors (Lipinski definition) is 5. The summed E-state index contributed by atoms with van der Waals surface area (Å²) in [5.74, 6) is 0.938.